The highest BCUT2D eigenvalue weighted by molar-refractivity contribution is 7.84. The van der Waals surface area contributed by atoms with Gasteiger partial charge in [0.1, 0.15) is 5.75 Å². The van der Waals surface area contributed by atoms with E-state index in [0.29, 0.717) is 29.3 Å². The largest absolute Gasteiger partial charge is 0.507 e. The van der Waals surface area contributed by atoms with Crippen LogP contribution >= 0.6 is 0 Å². The molecule has 0 spiro atoms. The lowest BCUT2D eigenvalue weighted by Gasteiger charge is -2.15. The minimum Gasteiger partial charge on any atom is -0.507 e. The Bertz CT molecular complexity index is 1790. The number of aromatic hydroxyl groups is 1. The number of benzene rings is 4. The summed E-state index contributed by atoms with van der Waals surface area (Å²) in [5, 5.41) is 17.1. The third-order valence-electron chi connectivity index (χ3n) is 7.14. The smallest absolute Gasteiger partial charge is 0.416 e. The Balaban J connectivity index is 1.31. The number of phenolic OH excluding ortho intramolecular Hbond substituents is 1. The molecule has 0 bridgehead atoms. The Morgan fingerprint density at radius 3 is 2.05 bits per heavy atom. The molecule has 0 radical (unpaired) electrons. The summed E-state index contributed by atoms with van der Waals surface area (Å²) < 4.78 is 56.0. The lowest BCUT2D eigenvalue weighted by Crippen LogP contribution is -2.29. The van der Waals surface area contributed by atoms with Crippen molar-refractivity contribution >= 4 is 16.7 Å². The molecular formula is C33H28F3N3O4S. The van der Waals surface area contributed by atoms with Gasteiger partial charge in [0.25, 0.3) is 5.91 Å². The zero-order valence-corrected chi connectivity index (χ0v) is 24.6. The highest BCUT2D eigenvalue weighted by Gasteiger charge is 2.30. The van der Waals surface area contributed by atoms with Crippen LogP contribution in [0.2, 0.25) is 0 Å². The van der Waals surface area contributed by atoms with Gasteiger partial charge < -0.3 is 14.9 Å². The Labute approximate surface area is 254 Å². The Morgan fingerprint density at radius 1 is 0.909 bits per heavy atom. The summed E-state index contributed by atoms with van der Waals surface area (Å²) in [6, 6.07) is 24.3. The second-order valence-corrected chi connectivity index (χ2v) is 11.7. The first-order valence-electron chi connectivity index (χ1n) is 13.6. The summed E-state index contributed by atoms with van der Waals surface area (Å²) in [5.74, 6) is -0.422. The highest BCUT2D eigenvalue weighted by atomic mass is 32.2. The van der Waals surface area contributed by atoms with E-state index in [0.717, 1.165) is 33.7 Å². The first-order chi connectivity index (χ1) is 21.0. The number of rotatable bonds is 9. The number of hydrogen-bond donors (Lipinski definition) is 2. The van der Waals surface area contributed by atoms with Crippen molar-refractivity contribution in [2.45, 2.75) is 30.3 Å². The number of hydrogen-bond acceptors (Lipinski definition) is 6. The fourth-order valence-electron chi connectivity index (χ4n) is 4.74. The van der Waals surface area contributed by atoms with Gasteiger partial charge >= 0.3 is 6.18 Å². The maximum absolute atomic E-state index is 13.2. The van der Waals surface area contributed by atoms with Crippen molar-refractivity contribution in [1.82, 2.24) is 15.5 Å². The van der Waals surface area contributed by atoms with Crippen LogP contribution in [0.3, 0.4) is 0 Å². The molecule has 0 saturated carbocycles. The first kappa shape index (κ1) is 30.7. The van der Waals surface area contributed by atoms with E-state index in [9.17, 15) is 27.3 Å². The maximum Gasteiger partial charge on any atom is 0.416 e. The van der Waals surface area contributed by atoms with Gasteiger partial charge in [-0.05, 0) is 77.6 Å². The molecule has 1 heterocycles. The van der Waals surface area contributed by atoms with E-state index in [-0.39, 0.29) is 23.8 Å². The molecule has 0 aliphatic rings. The monoisotopic (exact) mass is 619 g/mol. The summed E-state index contributed by atoms with van der Waals surface area (Å²) in [6.07, 6.45) is -2.36. The van der Waals surface area contributed by atoms with Crippen molar-refractivity contribution in [3.05, 3.63) is 119 Å². The molecule has 0 aliphatic carbocycles. The summed E-state index contributed by atoms with van der Waals surface area (Å²) in [7, 11) is -1.05. The van der Waals surface area contributed by atoms with Gasteiger partial charge in [0.15, 0.2) is 5.82 Å². The van der Waals surface area contributed by atoms with Crippen LogP contribution in [-0.2, 0) is 23.4 Å². The molecule has 226 valence electrons. The molecule has 1 amide bonds. The number of nitrogens with zero attached hydrogens (tertiary/aromatic N) is 2. The molecule has 5 aromatic rings. The van der Waals surface area contributed by atoms with E-state index in [1.165, 1.54) is 30.3 Å². The molecule has 11 heteroatoms. The average Bonchev–Trinajstić information content (AvgIpc) is 3.45. The van der Waals surface area contributed by atoms with Gasteiger partial charge in [-0.1, -0.05) is 59.8 Å². The maximum atomic E-state index is 13.2. The molecule has 1 aromatic heterocycles. The zero-order valence-electron chi connectivity index (χ0n) is 23.8. The van der Waals surface area contributed by atoms with Crippen LogP contribution < -0.4 is 5.32 Å². The number of carbonyl (C=O) groups is 1. The van der Waals surface area contributed by atoms with Gasteiger partial charge in [0, 0.05) is 28.5 Å². The SMILES string of the molecule is Cc1noc([C@H](CNC(=O)c2cc(-c3ccc(C(F)(F)F)cc3)ccc2O)Cc2ccc(-c3ccc(S(C)=O)cc3)cc2)n1. The predicted molar refractivity (Wildman–Crippen MR) is 161 cm³/mol. The van der Waals surface area contributed by atoms with Gasteiger partial charge in [-0.25, -0.2) is 0 Å². The molecule has 1 unspecified atom stereocenters. The number of halogens is 3. The van der Waals surface area contributed by atoms with Crippen molar-refractivity contribution in [2.75, 3.05) is 12.8 Å². The topological polar surface area (TPSA) is 105 Å². The standard InChI is InChI=1S/C33H28F3N3O4S/c1-20-38-32(43-39-20)26(17-21-3-5-22(6-4-21)23-9-14-28(15-10-23)44(2)42)19-37-31(41)29-18-25(11-16-30(29)40)24-7-12-27(13-8-24)33(34,35)36/h3-16,18,26,40H,17,19H2,1-2H3,(H,37,41)/t26-,44?/m0/s1. The van der Waals surface area contributed by atoms with E-state index >= 15 is 0 Å². The molecule has 4 aromatic carbocycles. The van der Waals surface area contributed by atoms with Gasteiger partial charge in [-0.15, -0.1) is 0 Å². The summed E-state index contributed by atoms with van der Waals surface area (Å²) in [5.41, 5.74) is 3.07. The predicted octanol–water partition coefficient (Wildman–Crippen LogP) is 6.93. The molecule has 2 N–H and O–H groups in total. The van der Waals surface area contributed by atoms with E-state index in [1.54, 1.807) is 13.2 Å². The Kier molecular flexibility index (Phi) is 8.96. The third kappa shape index (κ3) is 7.23. The van der Waals surface area contributed by atoms with E-state index in [1.807, 2.05) is 48.5 Å². The van der Waals surface area contributed by atoms with Crippen molar-refractivity contribution < 1.29 is 31.8 Å². The minimum absolute atomic E-state index is 0.0230. The van der Waals surface area contributed by atoms with Crippen molar-refractivity contribution in [3.8, 4) is 28.0 Å². The number of alkyl halides is 3. The van der Waals surface area contributed by atoms with Crippen LogP contribution in [-0.4, -0.2) is 38.2 Å². The molecule has 44 heavy (non-hydrogen) atoms. The minimum atomic E-state index is -4.46. The zero-order chi connectivity index (χ0) is 31.4. The van der Waals surface area contributed by atoms with Crippen molar-refractivity contribution in [2.24, 2.45) is 0 Å². The van der Waals surface area contributed by atoms with Crippen LogP contribution in [0.4, 0.5) is 13.2 Å². The summed E-state index contributed by atoms with van der Waals surface area (Å²) in [6.45, 7) is 1.81. The van der Waals surface area contributed by atoms with Crippen LogP contribution in [0.1, 0.15) is 39.1 Å². The second-order valence-electron chi connectivity index (χ2n) is 10.3. The second kappa shape index (κ2) is 12.8. The average molecular weight is 620 g/mol. The fraction of sp³-hybridized carbons (Fsp3) is 0.182. The van der Waals surface area contributed by atoms with Crippen molar-refractivity contribution in [1.29, 1.82) is 0 Å². The van der Waals surface area contributed by atoms with Crippen molar-refractivity contribution in [3.63, 3.8) is 0 Å². The lowest BCUT2D eigenvalue weighted by atomic mass is 9.96. The van der Waals surface area contributed by atoms with E-state index in [2.05, 4.69) is 15.5 Å². The number of carbonyl (C=O) groups excluding carboxylic acids is 1. The number of aryl methyl sites for hydroxylation is 1. The number of phenols is 1. The number of aromatic nitrogens is 2. The van der Waals surface area contributed by atoms with Gasteiger partial charge in [-0.3, -0.25) is 9.00 Å². The van der Waals surface area contributed by atoms with E-state index < -0.39 is 28.4 Å². The highest BCUT2D eigenvalue weighted by Crippen LogP contribution is 2.32. The molecule has 5 rings (SSSR count). The summed E-state index contributed by atoms with van der Waals surface area (Å²) in [4.78, 5) is 18.3. The summed E-state index contributed by atoms with van der Waals surface area (Å²) >= 11 is 0. The van der Waals surface area contributed by atoms with Gasteiger partial charge in [-0.2, -0.15) is 18.2 Å². The Morgan fingerprint density at radius 2 is 1.48 bits per heavy atom. The number of amides is 1. The van der Waals surface area contributed by atoms with Crippen LogP contribution in [0, 0.1) is 6.92 Å². The molecule has 2 atom stereocenters. The molecule has 0 aliphatic heterocycles. The van der Waals surface area contributed by atoms with Crippen LogP contribution in [0.25, 0.3) is 22.3 Å². The van der Waals surface area contributed by atoms with Crippen LogP contribution in [0.15, 0.2) is 100 Å². The van der Waals surface area contributed by atoms with Crippen LogP contribution in [0.5, 0.6) is 5.75 Å². The molecule has 0 fully saturated rings. The van der Waals surface area contributed by atoms with Gasteiger partial charge in [0.05, 0.1) is 17.0 Å². The number of nitrogens with one attached hydrogen (secondary N) is 1. The molecule has 7 nitrogen and oxygen atoms in total. The van der Waals surface area contributed by atoms with Gasteiger partial charge in [0.2, 0.25) is 5.89 Å². The quantitative estimate of drug-likeness (QED) is 0.185. The van der Waals surface area contributed by atoms with E-state index in [4.69, 9.17) is 4.52 Å². The lowest BCUT2D eigenvalue weighted by molar-refractivity contribution is -0.137. The molecule has 0 saturated heterocycles. The molecular weight excluding hydrogens is 591 g/mol. The third-order valence-corrected chi connectivity index (χ3v) is 8.08. The Hall–Kier alpha value is -4.77. The fourth-order valence-corrected chi connectivity index (χ4v) is 5.26. The first-order valence-corrected chi connectivity index (χ1v) is 15.2. The normalized spacial score (nSPS) is 12.9.